The second-order valence-corrected chi connectivity index (χ2v) is 12.0. The zero-order chi connectivity index (χ0) is 28.4. The third-order valence-electron chi connectivity index (χ3n) is 6.83. The van der Waals surface area contributed by atoms with Gasteiger partial charge in [-0.2, -0.15) is 0 Å². The molecule has 3 aromatic rings. The lowest BCUT2D eigenvalue weighted by atomic mass is 9.80. The van der Waals surface area contributed by atoms with Crippen LogP contribution < -0.4 is 5.32 Å². The number of nitrogens with one attached hydrogen (secondary N) is 1. The van der Waals surface area contributed by atoms with Gasteiger partial charge in [0.1, 0.15) is 5.60 Å². The molecule has 1 aliphatic heterocycles. The maximum absolute atomic E-state index is 13.3. The highest BCUT2D eigenvalue weighted by Crippen LogP contribution is 2.42. The molecule has 0 bridgehead atoms. The van der Waals surface area contributed by atoms with Crippen molar-refractivity contribution < 1.29 is 19.4 Å². The summed E-state index contributed by atoms with van der Waals surface area (Å²) < 4.78 is 6.12. The average molecular weight is 531 g/mol. The van der Waals surface area contributed by atoms with Crippen LogP contribution in [-0.4, -0.2) is 49.7 Å². The molecule has 8 nitrogen and oxygen atoms in total. The third-order valence-corrected chi connectivity index (χ3v) is 6.83. The van der Waals surface area contributed by atoms with Crippen molar-refractivity contribution in [3.63, 3.8) is 0 Å². The summed E-state index contributed by atoms with van der Waals surface area (Å²) in [5, 5.41) is 13.5. The molecule has 2 aromatic carbocycles. The number of rotatable bonds is 7. The Balaban J connectivity index is 1.47. The van der Waals surface area contributed by atoms with E-state index >= 15 is 0 Å². The van der Waals surface area contributed by atoms with Crippen molar-refractivity contribution in [3.05, 3.63) is 83.9 Å². The van der Waals surface area contributed by atoms with Crippen molar-refractivity contribution >= 4 is 12.0 Å². The minimum Gasteiger partial charge on any atom is -0.438 e. The number of benzene rings is 2. The summed E-state index contributed by atoms with van der Waals surface area (Å²) in [5.41, 5.74) is 1.30. The largest absolute Gasteiger partial charge is 0.438 e. The number of hydrogen-bond acceptors (Lipinski definition) is 6. The monoisotopic (exact) mass is 530 g/mol. The van der Waals surface area contributed by atoms with Crippen LogP contribution in [0.4, 0.5) is 4.79 Å². The van der Waals surface area contributed by atoms with E-state index in [4.69, 9.17) is 4.74 Å². The van der Waals surface area contributed by atoms with E-state index in [2.05, 4.69) is 15.3 Å². The van der Waals surface area contributed by atoms with Gasteiger partial charge in [0, 0.05) is 42.9 Å². The molecule has 1 saturated heterocycles. The number of ether oxygens (including phenoxy) is 1. The van der Waals surface area contributed by atoms with Crippen molar-refractivity contribution in [2.24, 2.45) is 0 Å². The second-order valence-electron chi connectivity index (χ2n) is 12.0. The number of hydrogen-bond donors (Lipinski definition) is 2. The molecule has 2 atom stereocenters. The normalized spacial score (nSPS) is 18.8. The number of carbonyl (C=O) groups is 2. The van der Waals surface area contributed by atoms with Crippen LogP contribution in [0.3, 0.4) is 0 Å². The molecule has 1 aromatic heterocycles. The molecule has 4 rings (SSSR count). The molecule has 2 N–H and O–H groups in total. The van der Waals surface area contributed by atoms with Gasteiger partial charge in [-0.15, -0.1) is 0 Å². The van der Waals surface area contributed by atoms with Gasteiger partial charge in [-0.1, -0.05) is 54.6 Å². The summed E-state index contributed by atoms with van der Waals surface area (Å²) in [5.74, 6) is -0.191. The number of nitrogens with zero attached hydrogens (tertiary/aromatic N) is 3. The van der Waals surface area contributed by atoms with E-state index in [-0.39, 0.29) is 23.3 Å². The second kappa shape index (κ2) is 10.8. The molecule has 8 heteroatoms. The molecule has 2 heterocycles. The highest BCUT2D eigenvalue weighted by Gasteiger charge is 2.46. The Morgan fingerprint density at radius 2 is 1.64 bits per heavy atom. The van der Waals surface area contributed by atoms with E-state index in [0.717, 1.165) is 22.3 Å². The molecule has 206 valence electrons. The van der Waals surface area contributed by atoms with E-state index < -0.39 is 17.3 Å². The van der Waals surface area contributed by atoms with Gasteiger partial charge < -0.3 is 20.1 Å². The van der Waals surface area contributed by atoms with E-state index in [1.165, 1.54) is 0 Å². The van der Waals surface area contributed by atoms with Gasteiger partial charge in [-0.05, 0) is 58.2 Å². The summed E-state index contributed by atoms with van der Waals surface area (Å²) in [4.78, 5) is 35.8. The summed E-state index contributed by atoms with van der Waals surface area (Å²) in [6.07, 6.45) is 3.75. The molecule has 0 spiro atoms. The molecule has 39 heavy (non-hydrogen) atoms. The summed E-state index contributed by atoms with van der Waals surface area (Å²) in [6, 6.07) is 17.3. The highest BCUT2D eigenvalue weighted by atomic mass is 16.6. The third kappa shape index (κ3) is 6.81. The fourth-order valence-corrected chi connectivity index (χ4v) is 5.02. The van der Waals surface area contributed by atoms with Crippen LogP contribution in [-0.2, 0) is 10.3 Å². The number of aliphatic hydroxyl groups is 1. The van der Waals surface area contributed by atoms with Crippen molar-refractivity contribution in [2.45, 2.75) is 77.2 Å². The van der Waals surface area contributed by atoms with Crippen molar-refractivity contribution in [3.8, 4) is 11.1 Å². The molecule has 1 aliphatic rings. The summed E-state index contributed by atoms with van der Waals surface area (Å²) in [6.45, 7) is 11.7. The van der Waals surface area contributed by atoms with Crippen LogP contribution >= 0.6 is 0 Å². The Hall–Kier alpha value is -3.78. The standard InChI is InChI=1S/C31H38N4O4/c1-21(35-17-16-31(39-28(35)37,20-30(5,6)38)25-10-8-7-9-11-25)22-12-14-23(15-13-22)24-18-32-26(33-19-24)27(36)34-29(2,3)4/h7-15,18-19,21,38H,16-17,20H2,1-6H3,(H,34,36)/t21-,31-/m0/s1. The first kappa shape index (κ1) is 28.2. The minimum atomic E-state index is -1.00. The zero-order valence-electron chi connectivity index (χ0n) is 23.6. The summed E-state index contributed by atoms with van der Waals surface area (Å²) in [7, 11) is 0. The fraction of sp³-hybridized carbons (Fsp3) is 0.419. The maximum Gasteiger partial charge on any atom is 0.411 e. The van der Waals surface area contributed by atoms with E-state index in [0.29, 0.717) is 19.4 Å². The Bertz CT molecular complexity index is 1300. The Labute approximate surface area is 230 Å². The van der Waals surface area contributed by atoms with Crippen LogP contribution in [0.1, 0.15) is 82.2 Å². The molecule has 2 amide bonds. The quantitative estimate of drug-likeness (QED) is 0.410. The zero-order valence-corrected chi connectivity index (χ0v) is 23.6. The SMILES string of the molecule is C[C@@H](c1ccc(-c2cnc(C(=O)NC(C)(C)C)nc2)cc1)N1CC[C@](CC(C)(C)O)(c2ccccc2)OC1=O. The van der Waals surface area contributed by atoms with Gasteiger partial charge >= 0.3 is 6.09 Å². The first-order chi connectivity index (χ1) is 18.3. The van der Waals surface area contributed by atoms with Gasteiger partial charge in [0.2, 0.25) is 5.82 Å². The van der Waals surface area contributed by atoms with Crippen molar-refractivity contribution in [1.29, 1.82) is 0 Å². The number of carbonyl (C=O) groups excluding carboxylic acids is 2. The van der Waals surface area contributed by atoms with Gasteiger partial charge in [0.05, 0.1) is 11.6 Å². The molecular weight excluding hydrogens is 492 g/mol. The van der Waals surface area contributed by atoms with Crippen LogP contribution in [0.25, 0.3) is 11.1 Å². The molecule has 0 radical (unpaired) electrons. The number of amides is 2. The highest BCUT2D eigenvalue weighted by molar-refractivity contribution is 5.91. The van der Waals surface area contributed by atoms with Crippen LogP contribution in [0.15, 0.2) is 67.0 Å². The molecule has 0 unspecified atom stereocenters. The summed E-state index contributed by atoms with van der Waals surface area (Å²) >= 11 is 0. The lowest BCUT2D eigenvalue weighted by Crippen LogP contribution is -2.51. The predicted molar refractivity (Wildman–Crippen MR) is 150 cm³/mol. The van der Waals surface area contributed by atoms with Gasteiger partial charge in [-0.25, -0.2) is 14.8 Å². The van der Waals surface area contributed by atoms with Gasteiger partial charge in [-0.3, -0.25) is 4.79 Å². The number of cyclic esters (lactones) is 1. The van der Waals surface area contributed by atoms with E-state index in [9.17, 15) is 14.7 Å². The topological polar surface area (TPSA) is 105 Å². The minimum absolute atomic E-state index is 0.124. The number of aromatic nitrogens is 2. The molecule has 0 aliphatic carbocycles. The Morgan fingerprint density at radius 1 is 1.03 bits per heavy atom. The molecule has 0 saturated carbocycles. The van der Waals surface area contributed by atoms with E-state index in [1.54, 1.807) is 31.1 Å². The first-order valence-electron chi connectivity index (χ1n) is 13.3. The van der Waals surface area contributed by atoms with Crippen LogP contribution in [0.5, 0.6) is 0 Å². The van der Waals surface area contributed by atoms with Gasteiger partial charge in [0.15, 0.2) is 0 Å². The first-order valence-corrected chi connectivity index (χ1v) is 13.3. The van der Waals surface area contributed by atoms with Gasteiger partial charge in [0.25, 0.3) is 5.91 Å². The van der Waals surface area contributed by atoms with Crippen molar-refractivity contribution in [1.82, 2.24) is 20.2 Å². The molecular formula is C31H38N4O4. The van der Waals surface area contributed by atoms with Crippen LogP contribution in [0, 0.1) is 0 Å². The lowest BCUT2D eigenvalue weighted by Gasteiger charge is -2.45. The Kier molecular flexibility index (Phi) is 7.80. The maximum atomic E-state index is 13.3. The van der Waals surface area contributed by atoms with Crippen LogP contribution in [0.2, 0.25) is 0 Å². The average Bonchev–Trinajstić information content (AvgIpc) is 2.87. The predicted octanol–water partition coefficient (Wildman–Crippen LogP) is 5.63. The smallest absolute Gasteiger partial charge is 0.411 e. The van der Waals surface area contributed by atoms with E-state index in [1.807, 2.05) is 82.3 Å². The lowest BCUT2D eigenvalue weighted by molar-refractivity contribution is -0.101. The Morgan fingerprint density at radius 3 is 2.18 bits per heavy atom. The fourth-order valence-electron chi connectivity index (χ4n) is 5.02. The van der Waals surface area contributed by atoms with Crippen molar-refractivity contribution in [2.75, 3.05) is 6.54 Å². The molecule has 1 fully saturated rings.